The molecule has 0 bridgehead atoms. The molecule has 0 saturated heterocycles. The molecule has 0 atom stereocenters. The van der Waals surface area contributed by atoms with E-state index in [0.29, 0.717) is 22.4 Å². The van der Waals surface area contributed by atoms with E-state index in [0.717, 1.165) is 17.2 Å². The van der Waals surface area contributed by atoms with Gasteiger partial charge in [-0.3, -0.25) is 4.79 Å². The van der Waals surface area contributed by atoms with Crippen LogP contribution in [0, 0.1) is 0 Å². The van der Waals surface area contributed by atoms with Crippen LogP contribution in [0.5, 0.6) is 5.75 Å². The van der Waals surface area contributed by atoms with Crippen LogP contribution in [0.4, 0.5) is 11.6 Å². The summed E-state index contributed by atoms with van der Waals surface area (Å²) in [6.45, 7) is 0. The third-order valence-corrected chi connectivity index (χ3v) is 3.90. The van der Waals surface area contributed by atoms with Crippen molar-refractivity contribution in [2.24, 2.45) is 0 Å². The van der Waals surface area contributed by atoms with Gasteiger partial charge in [0.25, 0.3) is 0 Å². The first-order chi connectivity index (χ1) is 10.7. The minimum Gasteiger partial charge on any atom is -0.495 e. The highest BCUT2D eigenvalue weighted by Crippen LogP contribution is 2.27. The number of nitrogens with zero attached hydrogens (tertiary/aromatic N) is 2. The van der Waals surface area contributed by atoms with Crippen LogP contribution < -0.4 is 14.9 Å². The Bertz CT molecular complexity index is 842. The Labute approximate surface area is 135 Å². The highest BCUT2D eigenvalue weighted by Gasteiger charge is 2.12. The number of hydrogen-bond donors (Lipinski definition) is 1. The van der Waals surface area contributed by atoms with E-state index in [1.54, 1.807) is 31.4 Å². The summed E-state index contributed by atoms with van der Waals surface area (Å²) in [4.78, 5) is 11.9. The zero-order valence-electron chi connectivity index (χ0n) is 11.6. The Morgan fingerprint density at radius 2 is 1.91 bits per heavy atom. The number of nitrogens with one attached hydrogen (secondary N) is 1. The van der Waals surface area contributed by atoms with Gasteiger partial charge in [0, 0.05) is 16.6 Å². The van der Waals surface area contributed by atoms with E-state index in [9.17, 15) is 4.79 Å². The summed E-state index contributed by atoms with van der Waals surface area (Å²) >= 11 is 6.77. The Hall–Kier alpha value is -2.31. The fraction of sp³-hybridized carbons (Fsp3) is 0.0667. The lowest BCUT2D eigenvalue weighted by Gasteiger charge is -2.11. The number of rotatable bonds is 4. The molecule has 1 heterocycles. The number of methoxy groups -OCH3 is 1. The van der Waals surface area contributed by atoms with Crippen LogP contribution in [-0.2, 0) is 0 Å². The molecule has 2 aromatic carbocycles. The Kier molecular flexibility index (Phi) is 4.13. The van der Waals surface area contributed by atoms with E-state index in [1.807, 2.05) is 24.3 Å². The molecule has 5 nitrogen and oxygen atoms in total. The first-order valence-electron chi connectivity index (χ1n) is 6.44. The average Bonchev–Trinajstić information content (AvgIpc) is 2.89. The number of halogens is 1. The molecular weight excluding hydrogens is 322 g/mol. The maximum atomic E-state index is 12.1. The molecule has 1 aromatic heterocycles. The van der Waals surface area contributed by atoms with Crippen molar-refractivity contribution >= 4 is 34.8 Å². The standard InChI is InChI=1S/C15H12ClN3O2S/c1-21-13-5-3-2-4-12(13)17-14-18-22-15(20)19(14)11-8-6-10(16)7-9-11/h2-9H,1H3,(H,17,18). The SMILES string of the molecule is COc1ccccc1Nc1nsc(=O)n1-c1ccc(Cl)cc1. The Morgan fingerprint density at radius 1 is 1.18 bits per heavy atom. The van der Waals surface area contributed by atoms with Gasteiger partial charge < -0.3 is 10.1 Å². The number of hydrogen-bond acceptors (Lipinski definition) is 5. The molecular formula is C15H12ClN3O2S. The first-order valence-corrected chi connectivity index (χ1v) is 7.59. The van der Waals surface area contributed by atoms with Crippen LogP contribution in [0.15, 0.2) is 53.3 Å². The lowest BCUT2D eigenvalue weighted by molar-refractivity contribution is 0.417. The molecule has 0 amide bonds. The highest BCUT2D eigenvalue weighted by molar-refractivity contribution is 7.03. The molecule has 22 heavy (non-hydrogen) atoms. The van der Waals surface area contributed by atoms with Crippen LogP contribution in [0.25, 0.3) is 5.69 Å². The van der Waals surface area contributed by atoms with Crippen molar-refractivity contribution in [2.45, 2.75) is 0 Å². The molecule has 3 aromatic rings. The summed E-state index contributed by atoms with van der Waals surface area (Å²) in [5, 5.41) is 3.74. The summed E-state index contributed by atoms with van der Waals surface area (Å²) < 4.78 is 11.0. The molecule has 0 radical (unpaired) electrons. The molecule has 0 spiro atoms. The zero-order chi connectivity index (χ0) is 15.5. The van der Waals surface area contributed by atoms with Gasteiger partial charge in [0.05, 0.1) is 18.5 Å². The predicted molar refractivity (Wildman–Crippen MR) is 89.0 cm³/mol. The van der Waals surface area contributed by atoms with Crippen molar-refractivity contribution in [1.82, 2.24) is 8.94 Å². The van der Waals surface area contributed by atoms with E-state index in [1.165, 1.54) is 4.57 Å². The van der Waals surface area contributed by atoms with E-state index >= 15 is 0 Å². The van der Waals surface area contributed by atoms with Crippen molar-refractivity contribution in [2.75, 3.05) is 12.4 Å². The highest BCUT2D eigenvalue weighted by atomic mass is 35.5. The van der Waals surface area contributed by atoms with Crippen LogP contribution in [0.2, 0.25) is 5.02 Å². The molecule has 1 N–H and O–H groups in total. The maximum absolute atomic E-state index is 12.1. The second-order valence-corrected chi connectivity index (χ2v) is 5.56. The summed E-state index contributed by atoms with van der Waals surface area (Å²) in [7, 11) is 1.59. The molecule has 112 valence electrons. The van der Waals surface area contributed by atoms with Crippen molar-refractivity contribution < 1.29 is 4.74 Å². The second-order valence-electron chi connectivity index (χ2n) is 4.41. The molecule has 3 rings (SSSR count). The summed E-state index contributed by atoms with van der Waals surface area (Å²) in [5.41, 5.74) is 1.43. The molecule has 7 heteroatoms. The van der Waals surface area contributed by atoms with Gasteiger partial charge in [-0.05, 0) is 36.4 Å². The third kappa shape index (κ3) is 2.84. The number of aromatic nitrogens is 2. The summed E-state index contributed by atoms with van der Waals surface area (Å²) in [6.07, 6.45) is 0. The number of anilines is 2. The molecule has 0 aliphatic heterocycles. The molecule has 0 saturated carbocycles. The maximum Gasteiger partial charge on any atom is 0.332 e. The van der Waals surface area contributed by atoms with Crippen LogP contribution >= 0.6 is 23.1 Å². The average molecular weight is 334 g/mol. The van der Waals surface area contributed by atoms with Gasteiger partial charge in [0.1, 0.15) is 5.75 Å². The van der Waals surface area contributed by atoms with Gasteiger partial charge in [-0.15, -0.1) is 0 Å². The molecule has 0 aliphatic rings. The number of benzene rings is 2. The molecule has 0 fully saturated rings. The lowest BCUT2D eigenvalue weighted by atomic mass is 10.3. The van der Waals surface area contributed by atoms with E-state index in [-0.39, 0.29) is 4.87 Å². The summed E-state index contributed by atoms with van der Waals surface area (Å²) in [6, 6.07) is 14.4. The quantitative estimate of drug-likeness (QED) is 0.791. The fourth-order valence-corrected chi connectivity index (χ4v) is 2.71. The van der Waals surface area contributed by atoms with Crippen molar-refractivity contribution in [3.8, 4) is 11.4 Å². The van der Waals surface area contributed by atoms with E-state index in [2.05, 4.69) is 9.69 Å². The minimum absolute atomic E-state index is 0.181. The van der Waals surface area contributed by atoms with Gasteiger partial charge in [0.2, 0.25) is 5.95 Å². The normalized spacial score (nSPS) is 10.5. The first kappa shape index (κ1) is 14.6. The third-order valence-electron chi connectivity index (χ3n) is 3.04. The fourth-order valence-electron chi connectivity index (χ4n) is 2.02. The molecule has 0 unspecified atom stereocenters. The Balaban J connectivity index is 2.02. The van der Waals surface area contributed by atoms with Crippen LogP contribution in [0.1, 0.15) is 0 Å². The Morgan fingerprint density at radius 3 is 2.64 bits per heavy atom. The zero-order valence-corrected chi connectivity index (χ0v) is 13.2. The van der Waals surface area contributed by atoms with Gasteiger partial charge in [0.15, 0.2) is 0 Å². The second kappa shape index (κ2) is 6.21. The van der Waals surface area contributed by atoms with Crippen LogP contribution in [0.3, 0.4) is 0 Å². The van der Waals surface area contributed by atoms with Gasteiger partial charge in [-0.1, -0.05) is 23.7 Å². The van der Waals surface area contributed by atoms with Crippen LogP contribution in [-0.4, -0.2) is 16.1 Å². The van der Waals surface area contributed by atoms with E-state index in [4.69, 9.17) is 16.3 Å². The minimum atomic E-state index is -0.181. The van der Waals surface area contributed by atoms with Gasteiger partial charge in [-0.2, -0.15) is 4.37 Å². The van der Waals surface area contributed by atoms with Crippen molar-refractivity contribution in [3.05, 3.63) is 63.2 Å². The van der Waals surface area contributed by atoms with Gasteiger partial charge in [-0.25, -0.2) is 4.57 Å². The lowest BCUT2D eigenvalue weighted by Crippen LogP contribution is -2.13. The number of ether oxygens (including phenoxy) is 1. The topological polar surface area (TPSA) is 56.1 Å². The predicted octanol–water partition coefficient (Wildman–Crippen LogP) is 3.70. The van der Waals surface area contributed by atoms with E-state index < -0.39 is 0 Å². The van der Waals surface area contributed by atoms with Crippen molar-refractivity contribution in [3.63, 3.8) is 0 Å². The molecule has 0 aliphatic carbocycles. The largest absolute Gasteiger partial charge is 0.495 e. The van der Waals surface area contributed by atoms with Crippen molar-refractivity contribution in [1.29, 1.82) is 0 Å². The smallest absolute Gasteiger partial charge is 0.332 e. The summed E-state index contributed by atoms with van der Waals surface area (Å²) in [5.74, 6) is 1.10. The number of para-hydroxylation sites is 2. The monoisotopic (exact) mass is 333 g/mol. The van der Waals surface area contributed by atoms with Gasteiger partial charge >= 0.3 is 4.87 Å².